The fraction of sp³-hybridized carbons (Fsp3) is 0.250. The molecule has 108 valence electrons. The zero-order chi connectivity index (χ0) is 14.9. The van der Waals surface area contributed by atoms with Crippen molar-refractivity contribution < 1.29 is 9.47 Å². The number of pyridine rings is 1. The van der Waals surface area contributed by atoms with E-state index in [2.05, 4.69) is 10.3 Å². The van der Waals surface area contributed by atoms with E-state index >= 15 is 0 Å². The molecule has 0 bridgehead atoms. The lowest BCUT2D eigenvalue weighted by Gasteiger charge is -2.07. The Bertz CT molecular complexity index is 606. The van der Waals surface area contributed by atoms with Gasteiger partial charge in [-0.3, -0.25) is 0 Å². The van der Waals surface area contributed by atoms with E-state index in [1.165, 1.54) is 0 Å². The van der Waals surface area contributed by atoms with Crippen LogP contribution >= 0.6 is 0 Å². The van der Waals surface area contributed by atoms with Crippen LogP contribution in [-0.4, -0.2) is 18.7 Å². The second kappa shape index (κ2) is 7.88. The molecular weight excluding hydrogens is 266 g/mol. The highest BCUT2D eigenvalue weighted by Crippen LogP contribution is 2.13. The Labute approximate surface area is 124 Å². The average Bonchev–Trinajstić information content (AvgIpc) is 2.54. The first-order chi connectivity index (χ1) is 10.3. The van der Waals surface area contributed by atoms with Crippen LogP contribution < -0.4 is 14.8 Å². The van der Waals surface area contributed by atoms with Crippen molar-refractivity contribution >= 4 is 0 Å². The fourth-order valence-electron chi connectivity index (χ4n) is 1.85. The number of hydrogen-bond acceptors (Lipinski definition) is 5. The first kappa shape index (κ1) is 14.8. The summed E-state index contributed by atoms with van der Waals surface area (Å²) in [4.78, 5) is 4.16. The summed E-state index contributed by atoms with van der Waals surface area (Å²) >= 11 is 0. The molecule has 0 aliphatic heterocycles. The maximum absolute atomic E-state index is 8.50. The predicted octanol–water partition coefficient (Wildman–Crippen LogP) is 2.28. The first-order valence-electron chi connectivity index (χ1n) is 6.60. The highest BCUT2D eigenvalue weighted by molar-refractivity contribution is 5.28. The van der Waals surface area contributed by atoms with Gasteiger partial charge in [-0.25, -0.2) is 4.98 Å². The van der Waals surface area contributed by atoms with Gasteiger partial charge in [-0.1, -0.05) is 18.2 Å². The van der Waals surface area contributed by atoms with Gasteiger partial charge in [-0.05, 0) is 23.3 Å². The smallest absolute Gasteiger partial charge is 0.212 e. The molecule has 0 aliphatic carbocycles. The molecule has 0 saturated carbocycles. The summed E-state index contributed by atoms with van der Waals surface area (Å²) in [6.07, 6.45) is 1.79. The Kier molecular flexibility index (Phi) is 5.56. The lowest BCUT2D eigenvalue weighted by molar-refractivity contribution is 0.367. The van der Waals surface area contributed by atoms with Crippen LogP contribution in [-0.2, 0) is 13.1 Å². The quantitative estimate of drug-likeness (QED) is 0.844. The highest BCUT2D eigenvalue weighted by atomic mass is 16.5. The van der Waals surface area contributed by atoms with Crippen molar-refractivity contribution in [1.29, 1.82) is 5.26 Å². The number of nitrogens with one attached hydrogen (secondary N) is 1. The van der Waals surface area contributed by atoms with Gasteiger partial charge in [0.2, 0.25) is 5.88 Å². The number of nitrogens with zero attached hydrogens (tertiary/aromatic N) is 2. The minimum absolute atomic E-state index is 0.0639. The molecule has 1 aromatic carbocycles. The molecule has 1 N–H and O–H groups in total. The van der Waals surface area contributed by atoms with Gasteiger partial charge in [-0.2, -0.15) is 5.26 Å². The zero-order valence-electron chi connectivity index (χ0n) is 11.9. The molecule has 21 heavy (non-hydrogen) atoms. The van der Waals surface area contributed by atoms with E-state index in [0.717, 1.165) is 24.2 Å². The van der Waals surface area contributed by atoms with E-state index in [1.54, 1.807) is 13.3 Å². The molecule has 0 amide bonds. The molecule has 0 saturated heterocycles. The van der Waals surface area contributed by atoms with E-state index < -0.39 is 0 Å². The molecule has 0 atom stereocenters. The van der Waals surface area contributed by atoms with Gasteiger partial charge in [0.25, 0.3) is 0 Å². The summed E-state index contributed by atoms with van der Waals surface area (Å²) in [6.45, 7) is 1.50. The van der Waals surface area contributed by atoms with E-state index in [4.69, 9.17) is 14.7 Å². The SMILES string of the molecule is COc1ccc(CNCc2cccc(OCC#N)c2)cn1. The number of ether oxygens (including phenoxy) is 2. The van der Waals surface area contributed by atoms with Gasteiger partial charge < -0.3 is 14.8 Å². The monoisotopic (exact) mass is 283 g/mol. The number of benzene rings is 1. The average molecular weight is 283 g/mol. The lowest BCUT2D eigenvalue weighted by Crippen LogP contribution is -2.12. The van der Waals surface area contributed by atoms with Gasteiger partial charge in [0.1, 0.15) is 11.8 Å². The molecule has 0 fully saturated rings. The number of rotatable bonds is 7. The molecule has 0 unspecified atom stereocenters. The number of methoxy groups -OCH3 is 1. The van der Waals surface area contributed by atoms with Gasteiger partial charge in [0.15, 0.2) is 6.61 Å². The molecule has 1 heterocycles. The van der Waals surface area contributed by atoms with Crippen molar-refractivity contribution in [3.8, 4) is 17.7 Å². The highest BCUT2D eigenvalue weighted by Gasteiger charge is 1.99. The van der Waals surface area contributed by atoms with Crippen molar-refractivity contribution in [3.05, 3.63) is 53.7 Å². The van der Waals surface area contributed by atoms with Crippen LogP contribution in [0, 0.1) is 11.3 Å². The fourth-order valence-corrected chi connectivity index (χ4v) is 1.85. The lowest BCUT2D eigenvalue weighted by atomic mass is 10.2. The van der Waals surface area contributed by atoms with Crippen LogP contribution in [0.3, 0.4) is 0 Å². The van der Waals surface area contributed by atoms with Crippen molar-refractivity contribution in [3.63, 3.8) is 0 Å². The summed E-state index contributed by atoms with van der Waals surface area (Å²) in [5.74, 6) is 1.32. The third-order valence-electron chi connectivity index (χ3n) is 2.87. The number of aromatic nitrogens is 1. The summed E-state index contributed by atoms with van der Waals surface area (Å²) in [7, 11) is 1.60. The van der Waals surface area contributed by atoms with Gasteiger partial charge >= 0.3 is 0 Å². The van der Waals surface area contributed by atoms with Crippen LogP contribution in [0.2, 0.25) is 0 Å². The molecule has 0 spiro atoms. The molecular formula is C16H17N3O2. The predicted molar refractivity (Wildman–Crippen MR) is 78.9 cm³/mol. The Morgan fingerprint density at radius 1 is 1.19 bits per heavy atom. The second-order valence-electron chi connectivity index (χ2n) is 4.41. The molecule has 5 heteroatoms. The first-order valence-corrected chi connectivity index (χ1v) is 6.60. The van der Waals surface area contributed by atoms with Crippen LogP contribution in [0.1, 0.15) is 11.1 Å². The summed E-state index contributed by atoms with van der Waals surface area (Å²) in [5, 5.41) is 11.8. The van der Waals surface area contributed by atoms with E-state index in [1.807, 2.05) is 42.5 Å². The maximum atomic E-state index is 8.50. The summed E-state index contributed by atoms with van der Waals surface area (Å²) in [5.41, 5.74) is 2.19. The minimum atomic E-state index is 0.0639. The van der Waals surface area contributed by atoms with Gasteiger partial charge in [0.05, 0.1) is 7.11 Å². The molecule has 2 aromatic rings. The van der Waals surface area contributed by atoms with E-state index in [0.29, 0.717) is 11.6 Å². The molecule has 5 nitrogen and oxygen atoms in total. The van der Waals surface area contributed by atoms with E-state index in [9.17, 15) is 0 Å². The van der Waals surface area contributed by atoms with Crippen LogP contribution in [0.25, 0.3) is 0 Å². The number of nitriles is 1. The largest absolute Gasteiger partial charge is 0.481 e. The molecule has 0 aliphatic rings. The van der Waals surface area contributed by atoms with Crippen molar-refractivity contribution in [2.75, 3.05) is 13.7 Å². The van der Waals surface area contributed by atoms with Gasteiger partial charge in [-0.15, -0.1) is 0 Å². The normalized spacial score (nSPS) is 9.90. The Balaban J connectivity index is 1.83. The topological polar surface area (TPSA) is 67.2 Å². The Morgan fingerprint density at radius 2 is 2.05 bits per heavy atom. The van der Waals surface area contributed by atoms with Crippen LogP contribution in [0.5, 0.6) is 11.6 Å². The number of hydrogen-bond donors (Lipinski definition) is 1. The second-order valence-corrected chi connectivity index (χ2v) is 4.41. The third-order valence-corrected chi connectivity index (χ3v) is 2.87. The zero-order valence-corrected chi connectivity index (χ0v) is 11.9. The standard InChI is InChI=1S/C16H17N3O2/c1-20-16-6-5-14(12-19-16)11-18-10-13-3-2-4-15(9-13)21-8-7-17/h2-6,9,12,18H,8,10-11H2,1H3. The van der Waals surface area contributed by atoms with Crippen LogP contribution in [0.15, 0.2) is 42.6 Å². The minimum Gasteiger partial charge on any atom is -0.481 e. The van der Waals surface area contributed by atoms with E-state index in [-0.39, 0.29) is 6.61 Å². The summed E-state index contributed by atoms with van der Waals surface area (Å²) in [6, 6.07) is 13.5. The summed E-state index contributed by atoms with van der Waals surface area (Å²) < 4.78 is 10.3. The van der Waals surface area contributed by atoms with Crippen molar-refractivity contribution in [2.24, 2.45) is 0 Å². The molecule has 2 rings (SSSR count). The van der Waals surface area contributed by atoms with Crippen LogP contribution in [0.4, 0.5) is 0 Å². The maximum Gasteiger partial charge on any atom is 0.212 e. The third kappa shape index (κ3) is 4.79. The Hall–Kier alpha value is -2.58. The van der Waals surface area contributed by atoms with Gasteiger partial charge in [0, 0.05) is 25.4 Å². The molecule has 1 aromatic heterocycles. The molecule has 0 radical (unpaired) electrons. The van der Waals surface area contributed by atoms with Crippen molar-refractivity contribution in [2.45, 2.75) is 13.1 Å². The van der Waals surface area contributed by atoms with Crippen molar-refractivity contribution in [1.82, 2.24) is 10.3 Å². The Morgan fingerprint density at radius 3 is 2.76 bits per heavy atom.